The first-order valence-corrected chi connectivity index (χ1v) is 8.61. The monoisotopic (exact) mass is 322 g/mol. The van der Waals surface area contributed by atoms with Crippen molar-refractivity contribution in [3.8, 4) is 0 Å². The fourth-order valence-corrected chi connectivity index (χ4v) is 5.29. The number of halogens is 1. The molecule has 4 saturated carbocycles. The van der Waals surface area contributed by atoms with Crippen molar-refractivity contribution in [1.29, 1.82) is 0 Å². The lowest BCUT2D eigenvalue weighted by Crippen LogP contribution is -2.57. The summed E-state index contributed by atoms with van der Waals surface area (Å²) >= 11 is 0. The summed E-state index contributed by atoms with van der Waals surface area (Å²) in [7, 11) is -5.08. The van der Waals surface area contributed by atoms with Crippen LogP contribution < -0.4 is 0 Å². The maximum atomic E-state index is 13.2. The molecular weight excluding hydrogens is 303 g/mol. The van der Waals surface area contributed by atoms with E-state index in [9.17, 15) is 22.7 Å². The number of esters is 1. The van der Waals surface area contributed by atoms with E-state index in [1.807, 2.05) is 0 Å². The molecule has 0 aromatic heterocycles. The van der Waals surface area contributed by atoms with E-state index in [2.05, 4.69) is 0 Å². The summed E-state index contributed by atoms with van der Waals surface area (Å²) in [6.45, 7) is -0.100. The maximum Gasteiger partial charge on any atom is 0.359 e. The molecule has 0 aliphatic heterocycles. The minimum absolute atomic E-state index is 0.100. The van der Waals surface area contributed by atoms with Gasteiger partial charge in [0, 0.05) is 5.41 Å². The maximum absolute atomic E-state index is 13.2. The molecule has 120 valence electrons. The molecule has 3 unspecified atom stereocenters. The molecule has 0 spiro atoms. The Hall–Kier alpha value is -0.730. The van der Waals surface area contributed by atoms with E-state index in [0.29, 0.717) is 18.3 Å². The largest absolute Gasteiger partial charge is 0.462 e. The topological polar surface area (TPSA) is 101 Å². The van der Waals surface area contributed by atoms with Gasteiger partial charge in [-0.1, -0.05) is 0 Å². The lowest BCUT2D eigenvalue weighted by Gasteiger charge is -2.59. The SMILES string of the molecule is O=C(OCC12CC3CC(CC(O)(C3)C1)C2)C(F)S(=O)(=O)O. The first-order valence-electron chi connectivity index (χ1n) is 7.10. The molecule has 0 aromatic rings. The molecule has 3 atom stereocenters. The van der Waals surface area contributed by atoms with Crippen LogP contribution in [0.4, 0.5) is 4.39 Å². The molecule has 0 radical (unpaired) electrons. The highest BCUT2D eigenvalue weighted by Crippen LogP contribution is 2.61. The van der Waals surface area contributed by atoms with Crippen LogP contribution in [0, 0.1) is 17.3 Å². The van der Waals surface area contributed by atoms with Gasteiger partial charge >= 0.3 is 21.6 Å². The van der Waals surface area contributed by atoms with Crippen LogP contribution in [0.5, 0.6) is 0 Å². The van der Waals surface area contributed by atoms with Gasteiger partial charge < -0.3 is 9.84 Å². The van der Waals surface area contributed by atoms with Crippen molar-refractivity contribution in [3.05, 3.63) is 0 Å². The molecule has 6 nitrogen and oxygen atoms in total. The zero-order valence-electron chi connectivity index (χ0n) is 11.5. The molecule has 2 N–H and O–H groups in total. The molecule has 0 aromatic carbocycles. The Morgan fingerprint density at radius 1 is 1.29 bits per heavy atom. The van der Waals surface area contributed by atoms with Crippen molar-refractivity contribution in [2.75, 3.05) is 6.61 Å². The number of aliphatic hydroxyl groups is 1. The van der Waals surface area contributed by atoms with Crippen molar-refractivity contribution >= 4 is 16.1 Å². The Labute approximate surface area is 122 Å². The van der Waals surface area contributed by atoms with Gasteiger partial charge in [-0.05, 0) is 50.4 Å². The van der Waals surface area contributed by atoms with Crippen molar-refractivity contribution in [2.24, 2.45) is 17.3 Å². The second kappa shape index (κ2) is 4.63. The molecule has 8 heteroatoms. The van der Waals surface area contributed by atoms with Crippen LogP contribution in [0.2, 0.25) is 0 Å². The van der Waals surface area contributed by atoms with Gasteiger partial charge in [0.2, 0.25) is 0 Å². The number of carbonyl (C=O) groups excluding carboxylic acids is 1. The molecule has 4 aliphatic rings. The number of carbonyl (C=O) groups is 1. The molecule has 0 heterocycles. The van der Waals surface area contributed by atoms with Gasteiger partial charge in [-0.3, -0.25) is 4.55 Å². The van der Waals surface area contributed by atoms with Crippen LogP contribution in [0.3, 0.4) is 0 Å². The average Bonchev–Trinajstić information content (AvgIpc) is 2.31. The smallest absolute Gasteiger partial charge is 0.359 e. The van der Waals surface area contributed by atoms with Gasteiger partial charge in [0.15, 0.2) is 0 Å². The van der Waals surface area contributed by atoms with E-state index >= 15 is 0 Å². The van der Waals surface area contributed by atoms with Gasteiger partial charge in [-0.15, -0.1) is 0 Å². The van der Waals surface area contributed by atoms with Crippen LogP contribution in [0.25, 0.3) is 0 Å². The lowest BCUT2D eigenvalue weighted by molar-refractivity contribution is -0.187. The molecule has 4 bridgehead atoms. The molecule has 4 aliphatic carbocycles. The summed E-state index contributed by atoms with van der Waals surface area (Å²) in [6.07, 6.45) is 4.70. The molecule has 21 heavy (non-hydrogen) atoms. The highest BCUT2D eigenvalue weighted by molar-refractivity contribution is 7.87. The van der Waals surface area contributed by atoms with Crippen LogP contribution in [0.15, 0.2) is 0 Å². The third-order valence-corrected chi connectivity index (χ3v) is 5.83. The summed E-state index contributed by atoms with van der Waals surface area (Å²) < 4.78 is 47.7. The number of ether oxygens (including phenoxy) is 1. The Bertz CT molecular complexity index is 545. The Morgan fingerprint density at radius 3 is 2.33 bits per heavy atom. The third-order valence-electron chi connectivity index (χ3n) is 5.12. The van der Waals surface area contributed by atoms with Crippen molar-refractivity contribution in [3.63, 3.8) is 0 Å². The minimum atomic E-state index is -5.08. The van der Waals surface area contributed by atoms with Crippen LogP contribution in [0.1, 0.15) is 38.5 Å². The highest BCUT2D eigenvalue weighted by atomic mass is 32.2. The molecule has 0 saturated heterocycles. The first kappa shape index (κ1) is 15.2. The number of hydrogen-bond acceptors (Lipinski definition) is 5. The van der Waals surface area contributed by atoms with Gasteiger partial charge in [0.25, 0.3) is 0 Å². The van der Waals surface area contributed by atoms with Crippen LogP contribution in [-0.2, 0) is 19.6 Å². The molecular formula is C13H19FO6S. The highest BCUT2D eigenvalue weighted by Gasteiger charge is 2.57. The second-order valence-electron chi connectivity index (χ2n) is 7.12. The van der Waals surface area contributed by atoms with E-state index in [1.54, 1.807) is 0 Å². The van der Waals surface area contributed by atoms with Crippen molar-refractivity contribution < 1.29 is 32.0 Å². The quantitative estimate of drug-likeness (QED) is 0.592. The van der Waals surface area contributed by atoms with E-state index in [4.69, 9.17) is 9.29 Å². The van der Waals surface area contributed by atoms with Gasteiger partial charge in [0.05, 0.1) is 12.2 Å². The third kappa shape index (κ3) is 2.80. The van der Waals surface area contributed by atoms with Crippen LogP contribution in [-0.4, -0.2) is 41.8 Å². The standard InChI is InChI=1S/C13H19FO6S/c14-10(21(17,18)19)11(15)20-7-12-2-8-1-9(3-12)5-13(16,4-8)6-12/h8-10,16H,1-7H2,(H,17,18,19). The van der Waals surface area contributed by atoms with Crippen LogP contribution >= 0.6 is 0 Å². The predicted molar refractivity (Wildman–Crippen MR) is 69.5 cm³/mol. The summed E-state index contributed by atoms with van der Waals surface area (Å²) in [4.78, 5) is 11.4. The second-order valence-corrected chi connectivity index (χ2v) is 8.57. The van der Waals surface area contributed by atoms with E-state index in [-0.39, 0.29) is 12.0 Å². The minimum Gasteiger partial charge on any atom is -0.462 e. The molecule has 4 rings (SSSR count). The number of hydrogen-bond donors (Lipinski definition) is 2. The zero-order chi connectivity index (χ0) is 15.5. The Balaban J connectivity index is 1.67. The van der Waals surface area contributed by atoms with Crippen molar-refractivity contribution in [2.45, 2.75) is 49.6 Å². The Kier molecular flexibility index (Phi) is 3.35. The predicted octanol–water partition coefficient (Wildman–Crippen LogP) is 1.04. The van der Waals surface area contributed by atoms with E-state index in [0.717, 1.165) is 32.1 Å². The van der Waals surface area contributed by atoms with E-state index in [1.165, 1.54) is 0 Å². The van der Waals surface area contributed by atoms with Gasteiger partial charge in [-0.25, -0.2) is 9.18 Å². The fraction of sp³-hybridized carbons (Fsp3) is 0.923. The summed E-state index contributed by atoms with van der Waals surface area (Å²) in [5.74, 6) is -0.810. The summed E-state index contributed by atoms with van der Waals surface area (Å²) in [5.41, 5.74) is -4.17. The lowest BCUT2D eigenvalue weighted by atomic mass is 9.48. The van der Waals surface area contributed by atoms with Gasteiger partial charge in [0.1, 0.15) is 0 Å². The fourth-order valence-electron chi connectivity index (χ4n) is 4.98. The average molecular weight is 322 g/mol. The van der Waals surface area contributed by atoms with Gasteiger partial charge in [-0.2, -0.15) is 8.42 Å². The summed E-state index contributed by atoms with van der Waals surface area (Å²) in [6, 6.07) is 0. The Morgan fingerprint density at radius 2 is 1.86 bits per heavy atom. The number of alkyl halides is 1. The van der Waals surface area contributed by atoms with Crippen molar-refractivity contribution in [1.82, 2.24) is 0 Å². The number of rotatable bonds is 4. The molecule has 0 amide bonds. The molecule has 4 fully saturated rings. The summed E-state index contributed by atoms with van der Waals surface area (Å²) in [5, 5.41) is 10.5. The normalized spacial score (nSPS) is 42.8. The van der Waals surface area contributed by atoms with E-state index < -0.39 is 27.2 Å². The first-order chi connectivity index (χ1) is 9.61. The zero-order valence-corrected chi connectivity index (χ0v) is 12.3.